The van der Waals surface area contributed by atoms with Crippen molar-refractivity contribution in [3.63, 3.8) is 0 Å². The summed E-state index contributed by atoms with van der Waals surface area (Å²) in [6.07, 6.45) is 1.21. The van der Waals surface area contributed by atoms with Crippen LogP contribution in [-0.2, 0) is 25.6 Å². The van der Waals surface area contributed by atoms with Gasteiger partial charge in [-0.05, 0) is 56.9 Å². The molecule has 1 fully saturated rings. The molecule has 37 heavy (non-hydrogen) atoms. The molecule has 1 aliphatic heterocycles. The van der Waals surface area contributed by atoms with Gasteiger partial charge in [-0.3, -0.25) is 4.57 Å². The number of carboxylic acid groups (broad SMARTS) is 1. The van der Waals surface area contributed by atoms with Crippen molar-refractivity contribution in [1.82, 2.24) is 9.55 Å². The van der Waals surface area contributed by atoms with Crippen molar-refractivity contribution in [1.29, 1.82) is 0 Å². The van der Waals surface area contributed by atoms with Crippen LogP contribution >= 0.6 is 0 Å². The third-order valence-electron chi connectivity index (χ3n) is 7.13. The van der Waals surface area contributed by atoms with Crippen LogP contribution in [0.15, 0.2) is 54.6 Å². The van der Waals surface area contributed by atoms with Gasteiger partial charge in [0.05, 0.1) is 22.2 Å². The molecule has 0 saturated carbocycles. The van der Waals surface area contributed by atoms with Crippen LogP contribution in [0.2, 0.25) is 25.7 Å². The van der Waals surface area contributed by atoms with E-state index in [1.165, 1.54) is 6.08 Å². The number of hydrogen-bond acceptors (Lipinski definition) is 5. The van der Waals surface area contributed by atoms with Gasteiger partial charge in [-0.25, -0.2) is 9.78 Å². The zero-order valence-corrected chi connectivity index (χ0v) is 23.9. The number of carbonyl (C=O) groups is 1. The van der Waals surface area contributed by atoms with Crippen LogP contribution in [0.5, 0.6) is 0 Å². The first kappa shape index (κ1) is 27.3. The first-order valence-corrected chi connectivity index (χ1v) is 16.4. The molecule has 196 valence electrons. The number of para-hydroxylation sites is 2. The molecule has 1 N–H and O–H groups in total. The molecule has 0 radical (unpaired) electrons. The van der Waals surface area contributed by atoms with E-state index in [0.717, 1.165) is 28.1 Å². The van der Waals surface area contributed by atoms with E-state index >= 15 is 0 Å². The molecule has 0 atom stereocenters. The number of rotatable bonds is 9. The fraction of sp³-hybridized carbons (Fsp3) is 0.429. The third-order valence-corrected chi connectivity index (χ3v) is 8.83. The molecule has 4 rings (SSSR count). The average Bonchev–Trinajstić information content (AvgIpc) is 3.27. The topological polar surface area (TPSA) is 82.8 Å². The molecule has 0 amide bonds. The van der Waals surface area contributed by atoms with Gasteiger partial charge in [0.2, 0.25) is 0 Å². The molecular weight excluding hydrogens is 483 g/mol. The Morgan fingerprint density at radius 2 is 1.68 bits per heavy atom. The summed E-state index contributed by atoms with van der Waals surface area (Å²) in [7, 11) is -1.73. The molecule has 2 aromatic carbocycles. The van der Waals surface area contributed by atoms with Crippen LogP contribution in [0.25, 0.3) is 16.6 Å². The lowest BCUT2D eigenvalue weighted by Crippen LogP contribution is -2.41. The van der Waals surface area contributed by atoms with Gasteiger partial charge in [0, 0.05) is 26.3 Å². The summed E-state index contributed by atoms with van der Waals surface area (Å²) in [4.78, 5) is 16.7. The van der Waals surface area contributed by atoms with Crippen LogP contribution in [0, 0.1) is 0 Å². The number of carboxylic acids is 1. The van der Waals surface area contributed by atoms with Gasteiger partial charge < -0.3 is 19.2 Å². The maximum Gasteiger partial charge on any atom is 0.494 e. The molecule has 3 aromatic rings. The normalized spacial score (nSPS) is 17.5. The first-order valence-electron chi connectivity index (χ1n) is 12.7. The number of nitrogens with zero attached hydrogens (tertiary/aromatic N) is 2. The first-order chi connectivity index (χ1) is 17.3. The SMILES string of the molecule is CC1(C)OB(c2ccc(C(=CC(=O)O)c3nc4ccccc4n3COCC[Si](C)(C)C)cc2)OC1(C)C. The summed E-state index contributed by atoms with van der Waals surface area (Å²) < 4.78 is 20.4. The minimum atomic E-state index is -1.24. The second-order valence-corrected chi connectivity index (χ2v) is 17.4. The summed E-state index contributed by atoms with van der Waals surface area (Å²) in [5, 5.41) is 9.74. The molecule has 0 unspecified atom stereocenters. The largest absolute Gasteiger partial charge is 0.494 e. The molecule has 1 aliphatic rings. The minimum Gasteiger partial charge on any atom is -0.478 e. The van der Waals surface area contributed by atoms with Gasteiger partial charge in [0.1, 0.15) is 12.6 Å². The molecular formula is C28H37BN2O5Si. The highest BCUT2D eigenvalue weighted by Crippen LogP contribution is 2.36. The number of fused-ring (bicyclic) bond motifs is 1. The maximum atomic E-state index is 11.9. The Bertz CT molecular complexity index is 1290. The summed E-state index contributed by atoms with van der Waals surface area (Å²) in [5.41, 5.74) is 2.93. The van der Waals surface area contributed by atoms with Crippen LogP contribution in [0.4, 0.5) is 0 Å². The lowest BCUT2D eigenvalue weighted by molar-refractivity contribution is -0.131. The summed E-state index contributed by atoms with van der Waals surface area (Å²) >= 11 is 0. The van der Waals surface area contributed by atoms with E-state index < -0.39 is 32.4 Å². The van der Waals surface area contributed by atoms with Gasteiger partial charge >= 0.3 is 13.1 Å². The van der Waals surface area contributed by atoms with Crippen molar-refractivity contribution in [3.05, 3.63) is 66.0 Å². The van der Waals surface area contributed by atoms with Crippen LogP contribution in [0.1, 0.15) is 39.1 Å². The van der Waals surface area contributed by atoms with Gasteiger partial charge in [0.25, 0.3) is 0 Å². The monoisotopic (exact) mass is 520 g/mol. The average molecular weight is 521 g/mol. The quantitative estimate of drug-likeness (QED) is 0.238. The van der Waals surface area contributed by atoms with Crippen LogP contribution in [-0.4, -0.2) is 53.6 Å². The molecule has 0 bridgehead atoms. The fourth-order valence-corrected chi connectivity index (χ4v) is 4.90. The molecule has 9 heteroatoms. The highest BCUT2D eigenvalue weighted by atomic mass is 28.3. The van der Waals surface area contributed by atoms with Crippen LogP contribution in [0.3, 0.4) is 0 Å². The molecule has 0 aliphatic carbocycles. The molecule has 1 saturated heterocycles. The van der Waals surface area contributed by atoms with Crippen molar-refractivity contribution in [2.75, 3.05) is 6.61 Å². The Labute approximate surface area is 220 Å². The smallest absolute Gasteiger partial charge is 0.478 e. The number of benzene rings is 2. The Balaban J connectivity index is 1.68. The van der Waals surface area contributed by atoms with E-state index in [1.807, 2.05) is 80.8 Å². The van der Waals surface area contributed by atoms with Crippen molar-refractivity contribution < 1.29 is 23.9 Å². The van der Waals surface area contributed by atoms with E-state index in [9.17, 15) is 9.90 Å². The summed E-state index contributed by atoms with van der Waals surface area (Å²) in [6, 6.07) is 16.5. The Morgan fingerprint density at radius 1 is 1.05 bits per heavy atom. The summed E-state index contributed by atoms with van der Waals surface area (Å²) in [5.74, 6) is -0.483. The van der Waals surface area contributed by atoms with Crippen molar-refractivity contribution in [2.45, 2.75) is 71.3 Å². The van der Waals surface area contributed by atoms with Crippen molar-refractivity contribution >= 4 is 43.2 Å². The van der Waals surface area contributed by atoms with Gasteiger partial charge in [0.15, 0.2) is 0 Å². The number of hydrogen-bond donors (Lipinski definition) is 1. The highest BCUT2D eigenvalue weighted by Gasteiger charge is 2.51. The lowest BCUT2D eigenvalue weighted by atomic mass is 9.78. The van der Waals surface area contributed by atoms with E-state index in [-0.39, 0.29) is 0 Å². The molecule has 7 nitrogen and oxygen atoms in total. The number of imidazole rings is 1. The fourth-order valence-electron chi connectivity index (χ4n) is 4.15. The van der Waals surface area contributed by atoms with E-state index in [4.69, 9.17) is 19.0 Å². The van der Waals surface area contributed by atoms with Gasteiger partial charge in [-0.2, -0.15) is 0 Å². The standard InChI is InChI=1S/C28H37BN2O5Si/c1-27(2)28(3,4)36-29(35-27)21-14-12-20(13-15-21)22(18-25(32)33)26-30-23-10-8-9-11-24(23)31(26)19-34-16-17-37(5,6)7/h8-15,18H,16-17,19H2,1-7H3,(H,32,33). The summed E-state index contributed by atoms with van der Waals surface area (Å²) in [6.45, 7) is 16.0. The van der Waals surface area contributed by atoms with E-state index in [2.05, 4.69) is 19.6 Å². The van der Waals surface area contributed by atoms with Gasteiger partial charge in [-0.15, -0.1) is 0 Å². The third kappa shape index (κ3) is 6.06. The predicted octanol–water partition coefficient (Wildman–Crippen LogP) is 5.16. The van der Waals surface area contributed by atoms with Crippen LogP contribution < -0.4 is 5.46 Å². The highest BCUT2D eigenvalue weighted by molar-refractivity contribution is 6.76. The number of ether oxygens (including phenoxy) is 1. The number of aromatic nitrogens is 2. The van der Waals surface area contributed by atoms with E-state index in [0.29, 0.717) is 24.7 Å². The second-order valence-electron chi connectivity index (χ2n) is 11.8. The lowest BCUT2D eigenvalue weighted by Gasteiger charge is -2.32. The van der Waals surface area contributed by atoms with E-state index in [1.54, 1.807) is 0 Å². The number of aliphatic carboxylic acids is 1. The second kappa shape index (κ2) is 10.2. The van der Waals surface area contributed by atoms with Gasteiger partial charge in [-0.1, -0.05) is 56.0 Å². The molecule has 0 spiro atoms. The van der Waals surface area contributed by atoms with Crippen molar-refractivity contribution in [2.24, 2.45) is 0 Å². The Hall–Kier alpha value is -2.72. The Kier molecular flexibility index (Phi) is 7.54. The zero-order chi connectivity index (χ0) is 27.0. The zero-order valence-electron chi connectivity index (χ0n) is 22.9. The molecule has 2 heterocycles. The maximum absolute atomic E-state index is 11.9. The predicted molar refractivity (Wildman–Crippen MR) is 151 cm³/mol. The Morgan fingerprint density at radius 3 is 2.27 bits per heavy atom. The molecule has 1 aromatic heterocycles. The minimum absolute atomic E-state index is 0.295. The van der Waals surface area contributed by atoms with Crippen molar-refractivity contribution in [3.8, 4) is 0 Å².